The highest BCUT2D eigenvalue weighted by atomic mass is 19.4. The first-order valence-electron chi connectivity index (χ1n) is 8.44. The predicted molar refractivity (Wildman–Crippen MR) is 86.5 cm³/mol. The summed E-state index contributed by atoms with van der Waals surface area (Å²) in [5.41, 5.74) is -1.01. The van der Waals surface area contributed by atoms with Crippen molar-refractivity contribution in [3.63, 3.8) is 0 Å². The van der Waals surface area contributed by atoms with Gasteiger partial charge in [-0.05, 0) is 6.92 Å². The van der Waals surface area contributed by atoms with Gasteiger partial charge in [0.1, 0.15) is 23.9 Å². The van der Waals surface area contributed by atoms with E-state index in [-0.39, 0.29) is 61.8 Å². The molecule has 146 valence electrons. The molecule has 0 saturated carbocycles. The van der Waals surface area contributed by atoms with E-state index in [1.165, 1.54) is 11.8 Å². The number of halogens is 3. The number of carbonyl (C=O) groups is 3. The summed E-state index contributed by atoms with van der Waals surface area (Å²) in [5, 5.41) is 0. The molecule has 27 heavy (non-hydrogen) atoms. The van der Waals surface area contributed by atoms with Crippen molar-refractivity contribution in [2.45, 2.75) is 25.9 Å². The fourth-order valence-electron chi connectivity index (χ4n) is 3.08. The third kappa shape index (κ3) is 4.17. The lowest BCUT2D eigenvalue weighted by Gasteiger charge is -2.36. The van der Waals surface area contributed by atoms with Crippen LogP contribution in [0.15, 0.2) is 6.07 Å². The number of carbonyl (C=O) groups excluding carboxylic acids is 3. The Balaban J connectivity index is 1.62. The number of hydrogen-bond donors (Lipinski definition) is 0. The van der Waals surface area contributed by atoms with Crippen molar-refractivity contribution in [1.82, 2.24) is 19.8 Å². The number of nitrogens with zero attached hydrogens (tertiary/aromatic N) is 5. The minimum atomic E-state index is -4.56. The third-order valence-corrected chi connectivity index (χ3v) is 4.52. The Morgan fingerprint density at radius 3 is 2.22 bits per heavy atom. The van der Waals surface area contributed by atoms with Crippen molar-refractivity contribution in [2.24, 2.45) is 0 Å². The van der Waals surface area contributed by atoms with Crippen molar-refractivity contribution in [1.29, 1.82) is 0 Å². The number of likely N-dealkylation sites (tertiary alicyclic amines) is 1. The summed E-state index contributed by atoms with van der Waals surface area (Å²) in [6.45, 7) is 2.22. The summed E-state index contributed by atoms with van der Waals surface area (Å²) in [7, 11) is 0. The molecule has 0 aliphatic carbocycles. The van der Waals surface area contributed by atoms with Gasteiger partial charge in [0.15, 0.2) is 0 Å². The quantitative estimate of drug-likeness (QED) is 0.709. The second-order valence-corrected chi connectivity index (χ2v) is 6.40. The molecule has 2 fully saturated rings. The zero-order valence-corrected chi connectivity index (χ0v) is 14.6. The number of aromatic nitrogens is 2. The van der Waals surface area contributed by atoms with E-state index in [2.05, 4.69) is 9.97 Å². The van der Waals surface area contributed by atoms with Crippen LogP contribution in [-0.2, 0) is 20.6 Å². The van der Waals surface area contributed by atoms with E-state index in [1.807, 2.05) is 0 Å². The lowest BCUT2D eigenvalue weighted by atomic mass is 10.2. The fraction of sp³-hybridized carbons (Fsp3) is 0.562. The molecule has 3 rings (SSSR count). The van der Waals surface area contributed by atoms with Crippen LogP contribution in [0, 0.1) is 6.92 Å². The van der Waals surface area contributed by atoms with Gasteiger partial charge in [-0.15, -0.1) is 0 Å². The van der Waals surface area contributed by atoms with Crippen LogP contribution in [0.2, 0.25) is 0 Å². The fourth-order valence-corrected chi connectivity index (χ4v) is 3.08. The number of amides is 3. The standard InChI is InChI=1S/C16H18F3N5O3/c1-10-20-11(16(17,18)19)8-12(21-10)22-4-6-23(7-5-22)15(27)9-24-13(25)2-3-14(24)26/h8H,2-7,9H2,1H3. The largest absolute Gasteiger partial charge is 0.433 e. The molecule has 0 aromatic carbocycles. The maximum absolute atomic E-state index is 12.9. The smallest absolute Gasteiger partial charge is 0.353 e. The van der Waals surface area contributed by atoms with Crippen LogP contribution in [0.25, 0.3) is 0 Å². The maximum Gasteiger partial charge on any atom is 0.433 e. The molecule has 1 aromatic rings. The van der Waals surface area contributed by atoms with Crippen LogP contribution in [0.5, 0.6) is 0 Å². The van der Waals surface area contributed by atoms with Crippen LogP contribution >= 0.6 is 0 Å². The number of anilines is 1. The van der Waals surface area contributed by atoms with Gasteiger partial charge in [0.2, 0.25) is 17.7 Å². The average molecular weight is 385 g/mol. The van der Waals surface area contributed by atoms with Crippen molar-refractivity contribution >= 4 is 23.5 Å². The average Bonchev–Trinajstić information content (AvgIpc) is 2.92. The number of rotatable bonds is 3. The Morgan fingerprint density at radius 1 is 1.07 bits per heavy atom. The lowest BCUT2D eigenvalue weighted by molar-refractivity contribution is -0.145. The summed E-state index contributed by atoms with van der Waals surface area (Å²) in [6, 6.07) is 0.895. The van der Waals surface area contributed by atoms with Crippen LogP contribution < -0.4 is 4.90 Å². The topological polar surface area (TPSA) is 86.7 Å². The molecule has 3 heterocycles. The normalized spacial score (nSPS) is 18.4. The molecule has 11 heteroatoms. The molecule has 0 spiro atoms. The van der Waals surface area contributed by atoms with E-state index >= 15 is 0 Å². The highest BCUT2D eigenvalue weighted by molar-refractivity contribution is 6.04. The lowest BCUT2D eigenvalue weighted by Crippen LogP contribution is -2.52. The Bertz CT molecular complexity index is 759. The van der Waals surface area contributed by atoms with E-state index in [4.69, 9.17) is 0 Å². The van der Waals surface area contributed by atoms with Gasteiger partial charge in [0.25, 0.3) is 0 Å². The summed E-state index contributed by atoms with van der Waals surface area (Å²) in [4.78, 5) is 47.1. The number of aryl methyl sites for hydroxylation is 1. The van der Waals surface area contributed by atoms with Crippen molar-refractivity contribution in [2.75, 3.05) is 37.6 Å². The number of alkyl halides is 3. The SMILES string of the molecule is Cc1nc(N2CCN(C(=O)CN3C(=O)CCC3=O)CC2)cc(C(F)(F)F)n1. The van der Waals surface area contributed by atoms with E-state index in [0.717, 1.165) is 11.0 Å². The van der Waals surface area contributed by atoms with E-state index in [9.17, 15) is 27.6 Å². The van der Waals surface area contributed by atoms with Gasteiger partial charge in [-0.2, -0.15) is 13.2 Å². The molecule has 0 atom stereocenters. The number of hydrogen-bond acceptors (Lipinski definition) is 6. The highest BCUT2D eigenvalue weighted by Crippen LogP contribution is 2.30. The first-order chi connectivity index (χ1) is 12.6. The Kier molecular flexibility index (Phi) is 5.03. The predicted octanol–water partition coefficient (Wildman–Crippen LogP) is 0.601. The summed E-state index contributed by atoms with van der Waals surface area (Å²) in [5.74, 6) is -0.893. The molecule has 0 unspecified atom stereocenters. The van der Waals surface area contributed by atoms with Crippen LogP contribution in [0.4, 0.5) is 19.0 Å². The molecule has 3 amide bonds. The van der Waals surface area contributed by atoms with Gasteiger partial charge in [0, 0.05) is 45.1 Å². The number of piperazine rings is 1. The van der Waals surface area contributed by atoms with Crippen molar-refractivity contribution in [3.05, 3.63) is 17.6 Å². The maximum atomic E-state index is 12.9. The minimum Gasteiger partial charge on any atom is -0.353 e. The molecule has 2 aliphatic heterocycles. The molecule has 2 saturated heterocycles. The molecule has 8 nitrogen and oxygen atoms in total. The van der Waals surface area contributed by atoms with Crippen LogP contribution in [0.3, 0.4) is 0 Å². The van der Waals surface area contributed by atoms with Gasteiger partial charge in [-0.1, -0.05) is 0 Å². The van der Waals surface area contributed by atoms with E-state index in [1.54, 1.807) is 4.90 Å². The molecule has 1 aromatic heterocycles. The molecule has 0 bridgehead atoms. The summed E-state index contributed by atoms with van der Waals surface area (Å²) in [6.07, 6.45) is -4.32. The first-order valence-corrected chi connectivity index (χ1v) is 8.44. The molecule has 0 radical (unpaired) electrons. The van der Waals surface area contributed by atoms with Gasteiger partial charge in [-0.3, -0.25) is 19.3 Å². The van der Waals surface area contributed by atoms with Gasteiger partial charge < -0.3 is 9.80 Å². The second kappa shape index (κ2) is 7.12. The Labute approximate surface area is 152 Å². The van der Waals surface area contributed by atoms with Gasteiger partial charge >= 0.3 is 6.18 Å². The molecule has 2 aliphatic rings. The minimum absolute atomic E-state index is 0.0180. The second-order valence-electron chi connectivity index (χ2n) is 6.40. The van der Waals surface area contributed by atoms with Crippen molar-refractivity contribution in [3.8, 4) is 0 Å². The zero-order valence-electron chi connectivity index (χ0n) is 14.6. The summed E-state index contributed by atoms with van der Waals surface area (Å²) >= 11 is 0. The van der Waals surface area contributed by atoms with Crippen LogP contribution in [-0.4, -0.2) is 70.2 Å². The van der Waals surface area contributed by atoms with Gasteiger partial charge in [0.05, 0.1) is 0 Å². The highest BCUT2D eigenvalue weighted by Gasteiger charge is 2.35. The number of imide groups is 1. The molecular weight excluding hydrogens is 367 g/mol. The summed E-state index contributed by atoms with van der Waals surface area (Å²) < 4.78 is 38.8. The van der Waals surface area contributed by atoms with Gasteiger partial charge in [-0.25, -0.2) is 9.97 Å². The Morgan fingerprint density at radius 2 is 1.67 bits per heavy atom. The van der Waals surface area contributed by atoms with E-state index in [0.29, 0.717) is 13.1 Å². The Hall–Kier alpha value is -2.72. The first kappa shape index (κ1) is 19.1. The third-order valence-electron chi connectivity index (χ3n) is 4.52. The monoisotopic (exact) mass is 385 g/mol. The van der Waals surface area contributed by atoms with Crippen LogP contribution in [0.1, 0.15) is 24.4 Å². The molecular formula is C16H18F3N5O3. The van der Waals surface area contributed by atoms with Crippen molar-refractivity contribution < 1.29 is 27.6 Å². The zero-order chi connectivity index (χ0) is 19.8. The molecule has 0 N–H and O–H groups in total. The van der Waals surface area contributed by atoms with E-state index < -0.39 is 11.9 Å².